The number of rotatable bonds is 9. The highest BCUT2D eigenvalue weighted by atomic mass is 35.5. The van der Waals surface area contributed by atoms with Gasteiger partial charge in [-0.1, -0.05) is 35.0 Å². The summed E-state index contributed by atoms with van der Waals surface area (Å²) in [6.45, 7) is 6.91. The minimum atomic E-state index is -0.185. The summed E-state index contributed by atoms with van der Waals surface area (Å²) in [4.78, 5) is 21.2. The topological polar surface area (TPSA) is 84.5 Å². The number of aliphatic imine (C=N–C) groups is 1. The van der Waals surface area contributed by atoms with Crippen LogP contribution in [0.4, 0.5) is 0 Å². The summed E-state index contributed by atoms with van der Waals surface area (Å²) in [5, 5.41) is 11.8. The third-order valence-corrected chi connectivity index (χ3v) is 5.08. The van der Waals surface area contributed by atoms with Crippen molar-refractivity contribution in [2.24, 2.45) is 4.99 Å². The first-order valence-corrected chi connectivity index (χ1v) is 11.1. The van der Waals surface area contributed by atoms with Gasteiger partial charge in [0.15, 0.2) is 0 Å². The van der Waals surface area contributed by atoms with E-state index in [2.05, 4.69) is 25.6 Å². The third-order valence-electron chi connectivity index (χ3n) is 4.86. The molecule has 7 nitrogen and oxygen atoms in total. The summed E-state index contributed by atoms with van der Waals surface area (Å²) in [5.74, 6) is -0.185. The fourth-order valence-electron chi connectivity index (χ4n) is 3.10. The third kappa shape index (κ3) is 6.95. The summed E-state index contributed by atoms with van der Waals surface area (Å²) in [6, 6.07) is 7.46. The second kappa shape index (κ2) is 11.9. The number of nitrogens with one attached hydrogen (secondary N) is 1. The molecule has 33 heavy (non-hydrogen) atoms. The van der Waals surface area contributed by atoms with Crippen LogP contribution in [0.3, 0.4) is 0 Å². The van der Waals surface area contributed by atoms with E-state index in [9.17, 15) is 4.79 Å². The Kier molecular flexibility index (Phi) is 8.66. The fourth-order valence-corrected chi connectivity index (χ4v) is 3.25. The van der Waals surface area contributed by atoms with Crippen LogP contribution in [0, 0.1) is 6.92 Å². The van der Waals surface area contributed by atoms with Crippen molar-refractivity contribution in [2.75, 3.05) is 6.54 Å². The molecule has 0 aliphatic rings. The highest BCUT2D eigenvalue weighted by Gasteiger charge is 2.11. The molecule has 3 aromatic heterocycles. The fraction of sp³-hybridized carbons (Fsp3) is 0.240. The number of amides is 1. The molecule has 0 radical (unpaired) electrons. The highest BCUT2D eigenvalue weighted by molar-refractivity contribution is 6.39. The maximum atomic E-state index is 12.7. The van der Waals surface area contributed by atoms with Gasteiger partial charge in [-0.2, -0.15) is 0 Å². The van der Waals surface area contributed by atoms with Crippen molar-refractivity contribution in [3.05, 3.63) is 94.1 Å². The van der Waals surface area contributed by atoms with Crippen LogP contribution >= 0.6 is 11.6 Å². The van der Waals surface area contributed by atoms with E-state index >= 15 is 0 Å². The quantitative estimate of drug-likeness (QED) is 0.371. The van der Waals surface area contributed by atoms with Gasteiger partial charge in [0.2, 0.25) is 0 Å². The number of hydrogen-bond donors (Lipinski definition) is 1. The minimum absolute atomic E-state index is 0.185. The molecule has 170 valence electrons. The zero-order valence-electron chi connectivity index (χ0n) is 19.0. The van der Waals surface area contributed by atoms with E-state index in [4.69, 9.17) is 11.6 Å². The first kappa shape index (κ1) is 24.1. The van der Waals surface area contributed by atoms with Gasteiger partial charge in [-0.3, -0.25) is 14.8 Å². The molecule has 0 aliphatic carbocycles. The molecule has 1 N–H and O–H groups in total. The molecule has 0 atom stereocenters. The van der Waals surface area contributed by atoms with E-state index in [0.717, 1.165) is 28.0 Å². The number of hydrogen-bond acceptors (Lipinski definition) is 5. The van der Waals surface area contributed by atoms with Crippen molar-refractivity contribution in [3.63, 3.8) is 0 Å². The van der Waals surface area contributed by atoms with Gasteiger partial charge in [0.1, 0.15) is 5.69 Å². The molecule has 3 aromatic rings. The molecule has 0 saturated heterocycles. The normalized spacial score (nSPS) is 12.8. The van der Waals surface area contributed by atoms with Crippen LogP contribution in [-0.4, -0.2) is 38.5 Å². The van der Waals surface area contributed by atoms with Crippen molar-refractivity contribution in [3.8, 4) is 0 Å². The van der Waals surface area contributed by atoms with Gasteiger partial charge in [-0.25, -0.2) is 4.52 Å². The van der Waals surface area contributed by atoms with Crippen LogP contribution in [0.25, 0.3) is 5.52 Å². The Bertz CT molecular complexity index is 1240. The first-order chi connectivity index (χ1) is 16.0. The van der Waals surface area contributed by atoms with Crippen LogP contribution in [0.15, 0.2) is 76.6 Å². The number of pyridine rings is 2. The van der Waals surface area contributed by atoms with Gasteiger partial charge in [0.05, 0.1) is 17.1 Å². The molecule has 0 bridgehead atoms. The second-order valence-corrected chi connectivity index (χ2v) is 7.80. The smallest absolute Gasteiger partial charge is 0.251 e. The molecule has 3 rings (SSSR count). The summed E-state index contributed by atoms with van der Waals surface area (Å²) < 4.78 is 1.70. The zero-order chi connectivity index (χ0) is 23.6. The Hall–Kier alpha value is -3.58. The number of allylic oxidation sites excluding steroid dienone is 6. The second-order valence-electron chi connectivity index (χ2n) is 7.37. The predicted molar refractivity (Wildman–Crippen MR) is 133 cm³/mol. The molecule has 0 aromatic carbocycles. The average Bonchev–Trinajstić information content (AvgIpc) is 3.22. The SMILES string of the molecule is C\C=C(/C=C/C=C(/Cl)C=NCC)Cc1cc(C(=O)NCc2nnn3ccc(C)cc23)ccn1. The van der Waals surface area contributed by atoms with E-state index in [1.807, 2.05) is 57.3 Å². The number of aryl methyl sites for hydroxylation is 1. The molecule has 0 saturated carbocycles. The number of carbonyl (C=O) groups excluding carboxylic acids is 1. The Balaban J connectivity index is 1.63. The van der Waals surface area contributed by atoms with Crippen LogP contribution in [0.2, 0.25) is 0 Å². The number of fused-ring (bicyclic) bond motifs is 1. The van der Waals surface area contributed by atoms with Crippen LogP contribution in [0.1, 0.15) is 41.2 Å². The summed E-state index contributed by atoms with van der Waals surface area (Å²) >= 11 is 6.08. The zero-order valence-corrected chi connectivity index (χ0v) is 19.8. The van der Waals surface area contributed by atoms with Crippen LogP contribution < -0.4 is 5.32 Å². The average molecular weight is 463 g/mol. The van der Waals surface area contributed by atoms with Gasteiger partial charge in [0, 0.05) is 42.8 Å². The first-order valence-electron chi connectivity index (χ1n) is 10.7. The van der Waals surface area contributed by atoms with E-state index < -0.39 is 0 Å². The minimum Gasteiger partial charge on any atom is -0.346 e. The molecule has 1 amide bonds. The summed E-state index contributed by atoms with van der Waals surface area (Å²) in [6.07, 6.45) is 13.4. The maximum Gasteiger partial charge on any atom is 0.251 e. The van der Waals surface area contributed by atoms with Crippen molar-refractivity contribution >= 4 is 29.2 Å². The van der Waals surface area contributed by atoms with Crippen molar-refractivity contribution in [1.82, 2.24) is 25.1 Å². The van der Waals surface area contributed by atoms with Gasteiger partial charge in [-0.15, -0.1) is 5.10 Å². The lowest BCUT2D eigenvalue weighted by Crippen LogP contribution is -2.23. The highest BCUT2D eigenvalue weighted by Crippen LogP contribution is 2.12. The summed E-state index contributed by atoms with van der Waals surface area (Å²) in [7, 11) is 0. The molecule has 0 aliphatic heterocycles. The molecule has 8 heteroatoms. The summed E-state index contributed by atoms with van der Waals surface area (Å²) in [5.41, 5.74) is 5.11. The molecular weight excluding hydrogens is 436 g/mol. The Morgan fingerprint density at radius 3 is 2.94 bits per heavy atom. The van der Waals surface area contributed by atoms with Crippen molar-refractivity contribution in [1.29, 1.82) is 0 Å². The molecule has 3 heterocycles. The van der Waals surface area contributed by atoms with E-state index in [0.29, 0.717) is 30.1 Å². The van der Waals surface area contributed by atoms with E-state index in [1.165, 1.54) is 0 Å². The van der Waals surface area contributed by atoms with Crippen molar-refractivity contribution < 1.29 is 4.79 Å². The Morgan fingerprint density at radius 1 is 1.30 bits per heavy atom. The monoisotopic (exact) mass is 462 g/mol. The van der Waals surface area contributed by atoms with Crippen LogP contribution in [0.5, 0.6) is 0 Å². The lowest BCUT2D eigenvalue weighted by molar-refractivity contribution is 0.0950. The number of carbonyl (C=O) groups is 1. The lowest BCUT2D eigenvalue weighted by atomic mass is 10.1. The number of aromatic nitrogens is 4. The molecular formula is C25H27ClN6O. The largest absolute Gasteiger partial charge is 0.346 e. The Labute approximate surface area is 198 Å². The van der Waals surface area contributed by atoms with Gasteiger partial charge >= 0.3 is 0 Å². The van der Waals surface area contributed by atoms with E-state index in [-0.39, 0.29) is 5.91 Å². The molecule has 0 spiro atoms. The van der Waals surface area contributed by atoms with Gasteiger partial charge in [0.25, 0.3) is 5.91 Å². The van der Waals surface area contributed by atoms with Crippen LogP contribution in [-0.2, 0) is 13.0 Å². The number of nitrogens with zero attached hydrogens (tertiary/aromatic N) is 5. The lowest BCUT2D eigenvalue weighted by Gasteiger charge is -2.06. The molecule has 0 fully saturated rings. The number of halogens is 1. The predicted octanol–water partition coefficient (Wildman–Crippen LogP) is 4.62. The standard InChI is InChI=1S/C25H27ClN6O/c1-4-19(7-6-8-21(26)16-27-5-2)14-22-15-20(9-11-28-22)25(33)29-17-23-24-13-18(3)10-12-32(24)31-30-23/h4,6-13,15-16H,5,14,17H2,1-3H3,(H,29,33)/b7-6+,19-4+,21-8+,27-16?. The Morgan fingerprint density at radius 2 is 2.15 bits per heavy atom. The maximum absolute atomic E-state index is 12.7. The van der Waals surface area contributed by atoms with Crippen molar-refractivity contribution in [2.45, 2.75) is 33.7 Å². The van der Waals surface area contributed by atoms with Gasteiger partial charge in [-0.05, 0) is 62.2 Å². The van der Waals surface area contributed by atoms with E-state index in [1.54, 1.807) is 35.1 Å². The van der Waals surface area contributed by atoms with Gasteiger partial charge < -0.3 is 5.32 Å². The molecule has 0 unspecified atom stereocenters.